The molecular weight excluding hydrogens is 373 g/mol. The van der Waals surface area contributed by atoms with Crippen LogP contribution in [-0.2, 0) is 12.0 Å². The molecule has 0 radical (unpaired) electrons. The van der Waals surface area contributed by atoms with E-state index in [1.165, 1.54) is 12.1 Å². The molecule has 3 aromatic heterocycles. The van der Waals surface area contributed by atoms with E-state index in [0.29, 0.717) is 0 Å². The van der Waals surface area contributed by atoms with Gasteiger partial charge in [0.15, 0.2) is 0 Å². The molecule has 1 aromatic carbocycles. The summed E-state index contributed by atoms with van der Waals surface area (Å²) in [6, 6.07) is 8.84. The van der Waals surface area contributed by atoms with Crippen molar-refractivity contribution in [2.45, 2.75) is 31.7 Å². The molecule has 7 heteroatoms. The number of halogens is 1. The van der Waals surface area contributed by atoms with Gasteiger partial charge in [0.25, 0.3) is 0 Å². The van der Waals surface area contributed by atoms with Gasteiger partial charge in [-0.1, -0.05) is 12.1 Å². The van der Waals surface area contributed by atoms with E-state index in [9.17, 15) is 4.39 Å². The molecule has 0 bridgehead atoms. The Labute approximate surface area is 166 Å². The van der Waals surface area contributed by atoms with Gasteiger partial charge in [0.2, 0.25) is 0 Å². The second kappa shape index (κ2) is 6.76. The van der Waals surface area contributed by atoms with Gasteiger partial charge in [-0.25, -0.2) is 14.4 Å². The van der Waals surface area contributed by atoms with Gasteiger partial charge in [0.1, 0.15) is 11.6 Å². The first kappa shape index (κ1) is 17.5. The van der Waals surface area contributed by atoms with Crippen LogP contribution >= 0.6 is 11.3 Å². The monoisotopic (exact) mass is 393 g/mol. The summed E-state index contributed by atoms with van der Waals surface area (Å²) < 4.78 is 14.4. The molecule has 0 spiro atoms. The first-order chi connectivity index (χ1) is 13.6. The molecule has 1 fully saturated rings. The maximum Gasteiger partial charge on any atom is 0.149 e. The van der Waals surface area contributed by atoms with Crippen LogP contribution in [0.25, 0.3) is 20.7 Å². The van der Waals surface area contributed by atoms with Crippen molar-refractivity contribution in [2.75, 3.05) is 6.54 Å². The zero-order valence-electron chi connectivity index (χ0n) is 15.5. The molecule has 1 unspecified atom stereocenters. The Kier molecular flexibility index (Phi) is 4.21. The van der Waals surface area contributed by atoms with Crippen molar-refractivity contribution >= 4 is 21.6 Å². The summed E-state index contributed by atoms with van der Waals surface area (Å²) in [6.07, 6.45) is 6.56. The SMILES string of the molecule is Cc1[nH]ncc1-c1cc2nc(C3(Cc4ccc(F)cc4)CCCN3)ncc2s1. The number of benzene rings is 1. The molecule has 1 saturated heterocycles. The maximum absolute atomic E-state index is 13.3. The lowest BCUT2D eigenvalue weighted by molar-refractivity contribution is 0.364. The smallest absolute Gasteiger partial charge is 0.149 e. The molecule has 28 heavy (non-hydrogen) atoms. The minimum absolute atomic E-state index is 0.213. The summed E-state index contributed by atoms with van der Waals surface area (Å²) in [7, 11) is 0. The van der Waals surface area contributed by atoms with Crippen LogP contribution in [0.3, 0.4) is 0 Å². The van der Waals surface area contributed by atoms with Crippen molar-refractivity contribution in [1.82, 2.24) is 25.5 Å². The molecular formula is C21H20FN5S. The predicted octanol–water partition coefficient (Wildman–Crippen LogP) is 4.35. The van der Waals surface area contributed by atoms with Crippen molar-refractivity contribution in [1.29, 1.82) is 0 Å². The quantitative estimate of drug-likeness (QED) is 0.541. The number of aromatic amines is 1. The highest BCUT2D eigenvalue weighted by atomic mass is 32.1. The minimum Gasteiger partial charge on any atom is -0.304 e. The Morgan fingerprint density at radius 3 is 2.79 bits per heavy atom. The molecule has 2 N–H and O–H groups in total. The van der Waals surface area contributed by atoms with E-state index in [1.807, 2.05) is 31.5 Å². The van der Waals surface area contributed by atoms with Crippen molar-refractivity contribution in [3.05, 3.63) is 65.6 Å². The van der Waals surface area contributed by atoms with Crippen LogP contribution in [0.2, 0.25) is 0 Å². The Morgan fingerprint density at radius 2 is 2.07 bits per heavy atom. The van der Waals surface area contributed by atoms with Crippen molar-refractivity contribution in [2.24, 2.45) is 0 Å². The topological polar surface area (TPSA) is 66.5 Å². The first-order valence-corrected chi connectivity index (χ1v) is 10.2. The van der Waals surface area contributed by atoms with Crippen molar-refractivity contribution in [3.63, 3.8) is 0 Å². The molecule has 1 aliphatic heterocycles. The third kappa shape index (κ3) is 3.00. The second-order valence-electron chi connectivity index (χ2n) is 7.38. The number of hydrogen-bond acceptors (Lipinski definition) is 5. The molecule has 5 nitrogen and oxygen atoms in total. The molecule has 142 valence electrons. The number of H-pyrrole nitrogens is 1. The average molecular weight is 393 g/mol. The van der Waals surface area contributed by atoms with Crippen molar-refractivity contribution < 1.29 is 4.39 Å². The van der Waals surface area contributed by atoms with E-state index < -0.39 is 0 Å². The van der Waals surface area contributed by atoms with Crippen LogP contribution in [0.5, 0.6) is 0 Å². The zero-order valence-corrected chi connectivity index (χ0v) is 16.3. The Morgan fingerprint density at radius 1 is 1.21 bits per heavy atom. The predicted molar refractivity (Wildman–Crippen MR) is 109 cm³/mol. The number of fused-ring (bicyclic) bond motifs is 1. The maximum atomic E-state index is 13.3. The number of aryl methyl sites for hydroxylation is 1. The zero-order chi connectivity index (χ0) is 19.1. The number of thiophene rings is 1. The van der Waals surface area contributed by atoms with Gasteiger partial charge in [0.05, 0.1) is 22.0 Å². The Balaban J connectivity index is 1.54. The summed E-state index contributed by atoms with van der Waals surface area (Å²) >= 11 is 1.68. The van der Waals surface area contributed by atoms with E-state index in [4.69, 9.17) is 9.97 Å². The van der Waals surface area contributed by atoms with E-state index in [0.717, 1.165) is 63.5 Å². The van der Waals surface area contributed by atoms with Crippen LogP contribution in [0.15, 0.2) is 42.7 Å². The van der Waals surface area contributed by atoms with Gasteiger partial charge < -0.3 is 5.32 Å². The number of aromatic nitrogens is 4. The summed E-state index contributed by atoms with van der Waals surface area (Å²) in [5.74, 6) is 0.602. The standard InChI is InChI=1S/C21H20FN5S/c1-13-16(11-25-27-13)18-9-17-19(28-18)12-23-20(26-17)21(7-2-8-24-21)10-14-3-5-15(22)6-4-14/h3-6,9,11-12,24H,2,7-8,10H2,1H3,(H,25,27). The molecule has 4 aromatic rings. The van der Waals surface area contributed by atoms with Crippen LogP contribution in [-0.4, -0.2) is 26.7 Å². The number of nitrogens with zero attached hydrogens (tertiary/aromatic N) is 3. The fourth-order valence-electron chi connectivity index (χ4n) is 3.98. The normalized spacial score (nSPS) is 19.5. The Hall–Kier alpha value is -2.64. The summed E-state index contributed by atoms with van der Waals surface area (Å²) in [5.41, 5.74) is 3.88. The lowest BCUT2D eigenvalue weighted by Crippen LogP contribution is -2.40. The molecule has 0 aliphatic carbocycles. The van der Waals surface area contributed by atoms with Gasteiger partial charge in [-0.15, -0.1) is 11.3 Å². The third-order valence-electron chi connectivity index (χ3n) is 5.46. The van der Waals surface area contributed by atoms with E-state index in [2.05, 4.69) is 21.6 Å². The Bertz CT molecular complexity index is 1130. The van der Waals surface area contributed by atoms with Gasteiger partial charge in [-0.05, 0) is 56.5 Å². The van der Waals surface area contributed by atoms with Gasteiger partial charge in [-0.2, -0.15) is 5.10 Å². The minimum atomic E-state index is -0.306. The third-order valence-corrected chi connectivity index (χ3v) is 6.55. The lowest BCUT2D eigenvalue weighted by Gasteiger charge is -2.28. The van der Waals surface area contributed by atoms with Crippen LogP contribution in [0.1, 0.15) is 29.9 Å². The molecule has 0 saturated carbocycles. The highest BCUT2D eigenvalue weighted by molar-refractivity contribution is 7.22. The number of hydrogen-bond donors (Lipinski definition) is 2. The molecule has 1 atom stereocenters. The first-order valence-electron chi connectivity index (χ1n) is 9.40. The lowest BCUT2D eigenvalue weighted by atomic mass is 9.88. The average Bonchev–Trinajstić information content (AvgIpc) is 3.42. The van der Waals surface area contributed by atoms with Crippen LogP contribution in [0, 0.1) is 12.7 Å². The fraction of sp³-hybridized carbons (Fsp3) is 0.286. The van der Waals surface area contributed by atoms with E-state index in [1.54, 1.807) is 11.3 Å². The van der Waals surface area contributed by atoms with Crippen LogP contribution < -0.4 is 5.32 Å². The number of rotatable bonds is 4. The van der Waals surface area contributed by atoms with E-state index >= 15 is 0 Å². The summed E-state index contributed by atoms with van der Waals surface area (Å²) in [6.45, 7) is 2.95. The highest BCUT2D eigenvalue weighted by Crippen LogP contribution is 2.37. The largest absolute Gasteiger partial charge is 0.304 e. The summed E-state index contributed by atoms with van der Waals surface area (Å²) in [4.78, 5) is 10.8. The number of nitrogens with one attached hydrogen (secondary N) is 2. The molecule has 5 rings (SSSR count). The molecule has 4 heterocycles. The van der Waals surface area contributed by atoms with Crippen molar-refractivity contribution in [3.8, 4) is 10.4 Å². The molecule has 0 amide bonds. The van der Waals surface area contributed by atoms with E-state index in [-0.39, 0.29) is 11.4 Å². The second-order valence-corrected chi connectivity index (χ2v) is 8.46. The highest BCUT2D eigenvalue weighted by Gasteiger charge is 2.38. The van der Waals surface area contributed by atoms with Crippen LogP contribution in [0.4, 0.5) is 4.39 Å². The molecule has 1 aliphatic rings. The van der Waals surface area contributed by atoms with Gasteiger partial charge in [-0.3, -0.25) is 5.10 Å². The fourth-order valence-corrected chi connectivity index (χ4v) is 5.02. The summed E-state index contributed by atoms with van der Waals surface area (Å²) in [5, 5.41) is 10.7. The van der Waals surface area contributed by atoms with Gasteiger partial charge in [0, 0.05) is 22.3 Å². The van der Waals surface area contributed by atoms with Gasteiger partial charge >= 0.3 is 0 Å².